The average molecular weight is 365 g/mol. The SMILES string of the molecule is CN=C/C(=C\N)c1cc(OS(=O)(=O)C(F)(F)F)c2scnc2c1. The van der Waals surface area contributed by atoms with Gasteiger partial charge in [0.1, 0.15) is 0 Å². The molecule has 1 aromatic heterocycles. The third-order valence-electron chi connectivity index (χ3n) is 2.66. The van der Waals surface area contributed by atoms with Gasteiger partial charge in [-0.05, 0) is 17.7 Å². The molecule has 0 saturated heterocycles. The zero-order valence-electron chi connectivity index (χ0n) is 11.5. The Hall–Kier alpha value is -2.14. The molecule has 0 amide bonds. The van der Waals surface area contributed by atoms with Gasteiger partial charge in [-0.1, -0.05) is 0 Å². The smallest absolute Gasteiger partial charge is 0.404 e. The summed E-state index contributed by atoms with van der Waals surface area (Å²) in [5.41, 5.74) is 2.25. The second-order valence-corrected chi connectivity index (χ2v) is 6.56. The molecule has 0 radical (unpaired) electrons. The van der Waals surface area contributed by atoms with Crippen LogP contribution in [-0.2, 0) is 10.1 Å². The molecule has 0 aliphatic carbocycles. The lowest BCUT2D eigenvalue weighted by atomic mass is 10.1. The van der Waals surface area contributed by atoms with Crippen molar-refractivity contribution in [3.8, 4) is 5.75 Å². The maximum absolute atomic E-state index is 12.5. The van der Waals surface area contributed by atoms with Crippen LogP contribution in [0, 0.1) is 0 Å². The minimum Gasteiger partial charge on any atom is -0.404 e. The second kappa shape index (κ2) is 6.16. The maximum Gasteiger partial charge on any atom is 0.534 e. The molecule has 11 heteroatoms. The Morgan fingerprint density at radius 3 is 2.70 bits per heavy atom. The Morgan fingerprint density at radius 2 is 2.13 bits per heavy atom. The molecule has 0 saturated carbocycles. The number of rotatable bonds is 4. The van der Waals surface area contributed by atoms with E-state index in [9.17, 15) is 21.6 Å². The van der Waals surface area contributed by atoms with Gasteiger partial charge in [-0.15, -0.1) is 11.3 Å². The molecule has 0 aliphatic rings. The summed E-state index contributed by atoms with van der Waals surface area (Å²) in [6.07, 6.45) is 2.55. The summed E-state index contributed by atoms with van der Waals surface area (Å²) in [5.74, 6) is -0.471. The van der Waals surface area contributed by atoms with Crippen LogP contribution in [-0.4, -0.2) is 32.2 Å². The van der Waals surface area contributed by atoms with Crippen molar-refractivity contribution in [2.45, 2.75) is 5.51 Å². The molecular formula is C12H10F3N3O3S2. The summed E-state index contributed by atoms with van der Waals surface area (Å²) >= 11 is 0.954. The highest BCUT2D eigenvalue weighted by Crippen LogP contribution is 2.36. The third kappa shape index (κ3) is 3.45. The molecule has 0 aliphatic heterocycles. The van der Waals surface area contributed by atoms with Crippen molar-refractivity contribution in [2.75, 3.05) is 7.05 Å². The number of allylic oxidation sites excluding steroid dienone is 1. The highest BCUT2D eigenvalue weighted by atomic mass is 32.2. The van der Waals surface area contributed by atoms with Crippen molar-refractivity contribution >= 4 is 43.5 Å². The molecule has 124 valence electrons. The van der Waals surface area contributed by atoms with E-state index in [0.717, 1.165) is 17.4 Å². The molecule has 23 heavy (non-hydrogen) atoms. The number of alkyl halides is 3. The number of halogens is 3. The van der Waals surface area contributed by atoms with E-state index in [4.69, 9.17) is 5.73 Å². The lowest BCUT2D eigenvalue weighted by Gasteiger charge is -2.11. The van der Waals surface area contributed by atoms with Crippen LogP contribution in [0.5, 0.6) is 5.75 Å². The molecule has 0 atom stereocenters. The van der Waals surface area contributed by atoms with Crippen molar-refractivity contribution in [1.82, 2.24) is 4.98 Å². The number of benzene rings is 1. The predicted octanol–water partition coefficient (Wildman–Crippen LogP) is 2.52. The third-order valence-corrected chi connectivity index (χ3v) is 4.48. The van der Waals surface area contributed by atoms with E-state index >= 15 is 0 Å². The Kier molecular flexibility index (Phi) is 4.61. The van der Waals surface area contributed by atoms with Crippen LogP contribution in [0.3, 0.4) is 0 Å². The second-order valence-electron chi connectivity index (χ2n) is 4.17. The minimum absolute atomic E-state index is 0.173. The van der Waals surface area contributed by atoms with E-state index in [2.05, 4.69) is 14.2 Å². The number of hydrogen-bond donors (Lipinski definition) is 1. The van der Waals surface area contributed by atoms with E-state index in [-0.39, 0.29) is 10.2 Å². The molecule has 0 unspecified atom stereocenters. The number of fused-ring (bicyclic) bond motifs is 1. The first-order valence-electron chi connectivity index (χ1n) is 5.92. The maximum atomic E-state index is 12.5. The molecule has 0 bridgehead atoms. The normalized spacial score (nSPS) is 13.8. The highest BCUT2D eigenvalue weighted by molar-refractivity contribution is 7.88. The van der Waals surface area contributed by atoms with E-state index < -0.39 is 21.4 Å². The van der Waals surface area contributed by atoms with Gasteiger partial charge < -0.3 is 9.92 Å². The van der Waals surface area contributed by atoms with E-state index in [1.807, 2.05) is 0 Å². The number of thiazole rings is 1. The fourth-order valence-corrected chi connectivity index (χ4v) is 2.92. The zero-order valence-corrected chi connectivity index (χ0v) is 13.2. The lowest BCUT2D eigenvalue weighted by molar-refractivity contribution is -0.0499. The van der Waals surface area contributed by atoms with Gasteiger partial charge in [0.05, 0.1) is 15.7 Å². The number of aromatic nitrogens is 1. The van der Waals surface area contributed by atoms with E-state index in [0.29, 0.717) is 11.1 Å². The predicted molar refractivity (Wildman–Crippen MR) is 81.8 cm³/mol. The molecule has 6 nitrogen and oxygen atoms in total. The van der Waals surface area contributed by atoms with Crippen molar-refractivity contribution in [3.63, 3.8) is 0 Å². The van der Waals surface area contributed by atoms with Gasteiger partial charge >= 0.3 is 15.6 Å². The summed E-state index contributed by atoms with van der Waals surface area (Å²) in [4.78, 5) is 7.72. The van der Waals surface area contributed by atoms with Crippen LogP contribution in [0.1, 0.15) is 5.56 Å². The number of nitrogens with two attached hydrogens (primary N) is 1. The number of hydrogen-bond acceptors (Lipinski definition) is 7. The molecule has 0 fully saturated rings. The standard InChI is InChI=1S/C12H10F3N3O3S2/c1-17-5-8(4-16)7-2-9-11(22-6-18-9)10(3-7)21-23(19,20)12(13,14)15/h2-6H,16H2,1H3/b8-4+,17-5?. The number of aliphatic imine (C=N–C) groups is 1. The molecule has 2 rings (SSSR count). The largest absolute Gasteiger partial charge is 0.534 e. The molecule has 2 aromatic rings. The van der Waals surface area contributed by atoms with Gasteiger partial charge in [0.25, 0.3) is 0 Å². The molecule has 2 N–H and O–H groups in total. The Balaban J connectivity index is 2.62. The van der Waals surface area contributed by atoms with Crippen molar-refractivity contribution in [3.05, 3.63) is 29.4 Å². The summed E-state index contributed by atoms with van der Waals surface area (Å²) in [5, 5.41) is 0. The summed E-state index contributed by atoms with van der Waals surface area (Å²) in [7, 11) is -4.30. The van der Waals surface area contributed by atoms with E-state index in [1.165, 1.54) is 25.0 Å². The minimum atomic E-state index is -5.79. The first-order valence-corrected chi connectivity index (χ1v) is 8.21. The van der Waals surface area contributed by atoms with Crippen LogP contribution in [0.4, 0.5) is 13.2 Å². The van der Waals surface area contributed by atoms with Crippen LogP contribution < -0.4 is 9.92 Å². The summed E-state index contributed by atoms with van der Waals surface area (Å²) < 4.78 is 64.4. The van der Waals surface area contributed by atoms with Crippen molar-refractivity contribution < 1.29 is 25.8 Å². The van der Waals surface area contributed by atoms with Crippen molar-refractivity contribution in [1.29, 1.82) is 0 Å². The Bertz CT molecular complexity index is 886. The van der Waals surface area contributed by atoms with E-state index in [1.54, 1.807) is 6.07 Å². The van der Waals surface area contributed by atoms with Gasteiger partial charge in [-0.2, -0.15) is 21.6 Å². The highest BCUT2D eigenvalue weighted by Gasteiger charge is 2.48. The fraction of sp³-hybridized carbons (Fsp3) is 0.167. The van der Waals surface area contributed by atoms with Gasteiger partial charge in [0.2, 0.25) is 0 Å². The van der Waals surface area contributed by atoms with Gasteiger partial charge in [-0.3, -0.25) is 4.99 Å². The Morgan fingerprint density at radius 1 is 1.43 bits per heavy atom. The first-order chi connectivity index (χ1) is 10.7. The Labute approximate surface area is 133 Å². The van der Waals surface area contributed by atoms with Gasteiger partial charge in [0.15, 0.2) is 5.75 Å². The molecular weight excluding hydrogens is 355 g/mol. The monoisotopic (exact) mass is 365 g/mol. The van der Waals surface area contributed by atoms with Gasteiger partial charge in [0, 0.05) is 25.0 Å². The molecule has 1 heterocycles. The van der Waals surface area contributed by atoms with Crippen molar-refractivity contribution in [2.24, 2.45) is 10.7 Å². The number of nitrogens with zero attached hydrogens (tertiary/aromatic N) is 2. The zero-order chi connectivity index (χ0) is 17.3. The van der Waals surface area contributed by atoms with Crippen LogP contribution in [0.15, 0.2) is 28.8 Å². The van der Waals surface area contributed by atoms with Crippen LogP contribution in [0.2, 0.25) is 0 Å². The topological polar surface area (TPSA) is 94.6 Å². The van der Waals surface area contributed by atoms with Crippen LogP contribution >= 0.6 is 11.3 Å². The fourth-order valence-electron chi connectivity index (χ4n) is 1.68. The summed E-state index contributed by atoms with van der Waals surface area (Å²) in [6, 6.07) is 2.68. The van der Waals surface area contributed by atoms with Crippen LogP contribution in [0.25, 0.3) is 15.8 Å². The van der Waals surface area contributed by atoms with Gasteiger partial charge in [-0.25, -0.2) is 4.98 Å². The molecule has 0 spiro atoms. The summed E-state index contributed by atoms with van der Waals surface area (Å²) in [6.45, 7) is 0. The average Bonchev–Trinajstić information content (AvgIpc) is 2.91. The lowest BCUT2D eigenvalue weighted by Crippen LogP contribution is -2.28. The molecule has 1 aromatic carbocycles. The first kappa shape index (κ1) is 17.2. The quantitative estimate of drug-likeness (QED) is 0.510.